The number of nitrogens with two attached hydrogens (primary N) is 1. The molecule has 0 radical (unpaired) electrons. The van der Waals surface area contributed by atoms with Crippen LogP contribution < -0.4 is 11.1 Å². The predicted molar refractivity (Wildman–Crippen MR) is 43.9 cm³/mol. The van der Waals surface area contributed by atoms with Crippen LogP contribution in [0.3, 0.4) is 0 Å². The normalized spacial score (nSPS) is 9.00. The van der Waals surface area contributed by atoms with Gasteiger partial charge in [-0.3, -0.25) is 10.2 Å². The first kappa shape index (κ1) is 10.5. The van der Waals surface area contributed by atoms with Gasteiger partial charge in [0.15, 0.2) is 5.96 Å². The maximum atomic E-state index is 10.5. The van der Waals surface area contributed by atoms with Crippen molar-refractivity contribution in [2.24, 2.45) is 10.8 Å². The first-order chi connectivity index (χ1) is 5.66. The van der Waals surface area contributed by atoms with Gasteiger partial charge in [-0.2, -0.15) is 0 Å². The van der Waals surface area contributed by atoms with Gasteiger partial charge in [-0.05, 0) is 12.8 Å². The van der Waals surface area contributed by atoms with Crippen molar-refractivity contribution in [3.63, 3.8) is 0 Å². The summed E-state index contributed by atoms with van der Waals surface area (Å²) in [5, 5.41) is 12.2. The summed E-state index contributed by atoms with van der Waals surface area (Å²) in [6.07, 6.45) is 1.71. The number of unbranched alkanes of at least 4 members (excludes halogenated alkanes) is 1. The molecular formula is C6H13N5O. The summed E-state index contributed by atoms with van der Waals surface area (Å²) in [6.45, 7) is 0.584. The molecule has 0 saturated heterocycles. The molecule has 0 unspecified atom stereocenters. The SMILES string of the molecule is N=NC(=O)CCCCNC(=N)N. The Morgan fingerprint density at radius 2 is 2.17 bits per heavy atom. The van der Waals surface area contributed by atoms with Crippen molar-refractivity contribution < 1.29 is 4.79 Å². The highest BCUT2D eigenvalue weighted by Crippen LogP contribution is 1.95. The molecule has 0 atom stereocenters. The average Bonchev–Trinajstić information content (AvgIpc) is 2.03. The lowest BCUT2D eigenvalue weighted by molar-refractivity contribution is -0.118. The third kappa shape index (κ3) is 6.66. The van der Waals surface area contributed by atoms with Gasteiger partial charge in [-0.15, -0.1) is 5.11 Å². The minimum absolute atomic E-state index is 0.0634. The highest BCUT2D eigenvalue weighted by molar-refractivity contribution is 5.75. The van der Waals surface area contributed by atoms with E-state index in [2.05, 4.69) is 10.4 Å². The van der Waals surface area contributed by atoms with Crippen molar-refractivity contribution in [1.29, 1.82) is 10.9 Å². The molecule has 0 saturated carbocycles. The van der Waals surface area contributed by atoms with Crippen molar-refractivity contribution in [3.8, 4) is 0 Å². The number of guanidine groups is 1. The third-order valence-electron chi connectivity index (χ3n) is 1.26. The van der Waals surface area contributed by atoms with Gasteiger partial charge in [0.1, 0.15) is 0 Å². The van der Waals surface area contributed by atoms with Crippen LogP contribution in [0.4, 0.5) is 0 Å². The zero-order chi connectivity index (χ0) is 9.40. The van der Waals surface area contributed by atoms with Gasteiger partial charge in [0, 0.05) is 13.0 Å². The van der Waals surface area contributed by atoms with E-state index < -0.39 is 5.91 Å². The van der Waals surface area contributed by atoms with Crippen LogP contribution >= 0.6 is 0 Å². The smallest absolute Gasteiger partial charge is 0.264 e. The average molecular weight is 171 g/mol. The van der Waals surface area contributed by atoms with E-state index in [-0.39, 0.29) is 5.96 Å². The maximum Gasteiger partial charge on any atom is 0.264 e. The van der Waals surface area contributed by atoms with Gasteiger partial charge in [0.05, 0.1) is 0 Å². The molecule has 0 spiro atoms. The second kappa shape index (κ2) is 6.26. The molecule has 6 nitrogen and oxygen atoms in total. The van der Waals surface area contributed by atoms with Crippen LogP contribution in [0.5, 0.6) is 0 Å². The van der Waals surface area contributed by atoms with Crippen LogP contribution in [-0.2, 0) is 4.79 Å². The standard InChI is InChI=1S/C6H13N5O/c7-6(8)10-4-2-1-3-5(12)11-9/h9H,1-4H2,(H4,7,8,10). The van der Waals surface area contributed by atoms with Crippen LogP contribution in [0, 0.1) is 10.9 Å². The molecule has 5 N–H and O–H groups in total. The summed E-state index contributed by atoms with van der Waals surface area (Å²) >= 11 is 0. The van der Waals surface area contributed by atoms with Crippen LogP contribution in [0.2, 0.25) is 0 Å². The molecule has 0 aliphatic carbocycles. The van der Waals surface area contributed by atoms with E-state index in [9.17, 15) is 4.79 Å². The Balaban J connectivity index is 3.16. The number of rotatable bonds is 5. The second-order valence-corrected chi connectivity index (χ2v) is 2.30. The Morgan fingerprint density at radius 3 is 2.67 bits per heavy atom. The van der Waals surface area contributed by atoms with Gasteiger partial charge in [0.25, 0.3) is 5.91 Å². The molecule has 0 aromatic heterocycles. The Bertz CT molecular complexity index is 179. The minimum Gasteiger partial charge on any atom is -0.370 e. The number of nitrogens with zero attached hydrogens (tertiary/aromatic N) is 1. The molecule has 0 fully saturated rings. The number of hydrogen-bond donors (Lipinski definition) is 4. The monoisotopic (exact) mass is 171 g/mol. The summed E-state index contributed by atoms with van der Waals surface area (Å²) in [7, 11) is 0. The van der Waals surface area contributed by atoms with Crippen molar-refractivity contribution in [3.05, 3.63) is 0 Å². The second-order valence-electron chi connectivity index (χ2n) is 2.30. The number of hydrogen-bond acceptors (Lipinski definition) is 3. The van der Waals surface area contributed by atoms with Gasteiger partial charge in [-0.25, -0.2) is 5.53 Å². The van der Waals surface area contributed by atoms with E-state index in [1.807, 2.05) is 0 Å². The van der Waals surface area contributed by atoms with E-state index in [0.29, 0.717) is 19.4 Å². The van der Waals surface area contributed by atoms with E-state index in [1.165, 1.54) is 0 Å². The number of nitrogens with one attached hydrogen (secondary N) is 3. The van der Waals surface area contributed by atoms with Crippen molar-refractivity contribution in [2.45, 2.75) is 19.3 Å². The first-order valence-corrected chi connectivity index (χ1v) is 3.65. The van der Waals surface area contributed by atoms with E-state index in [1.54, 1.807) is 0 Å². The first-order valence-electron chi connectivity index (χ1n) is 3.65. The molecule has 1 amide bonds. The highest BCUT2D eigenvalue weighted by atomic mass is 16.1. The molecule has 12 heavy (non-hydrogen) atoms. The molecule has 6 heteroatoms. The van der Waals surface area contributed by atoms with Gasteiger partial charge in [-0.1, -0.05) is 0 Å². The molecular weight excluding hydrogens is 158 g/mol. The minimum atomic E-state index is -0.405. The van der Waals surface area contributed by atoms with Gasteiger partial charge >= 0.3 is 0 Å². The third-order valence-corrected chi connectivity index (χ3v) is 1.26. The molecule has 0 aliphatic rings. The number of carbonyl (C=O) groups is 1. The number of amides is 1. The van der Waals surface area contributed by atoms with Crippen LogP contribution in [0.1, 0.15) is 19.3 Å². The quantitative estimate of drug-likeness (QED) is 0.205. The van der Waals surface area contributed by atoms with E-state index in [4.69, 9.17) is 16.7 Å². The summed E-state index contributed by atoms with van der Waals surface area (Å²) in [6, 6.07) is 0. The summed E-state index contributed by atoms with van der Waals surface area (Å²) in [5.74, 6) is -0.468. The lowest BCUT2D eigenvalue weighted by Crippen LogP contribution is -2.30. The van der Waals surface area contributed by atoms with E-state index in [0.717, 1.165) is 6.42 Å². The summed E-state index contributed by atoms with van der Waals surface area (Å²) in [4.78, 5) is 10.5. The molecule has 0 aromatic carbocycles. The Kier molecular flexibility index (Phi) is 5.50. The van der Waals surface area contributed by atoms with Crippen LogP contribution in [-0.4, -0.2) is 18.4 Å². The Morgan fingerprint density at radius 1 is 1.50 bits per heavy atom. The van der Waals surface area contributed by atoms with Crippen molar-refractivity contribution >= 4 is 11.9 Å². The van der Waals surface area contributed by atoms with Gasteiger partial charge in [0.2, 0.25) is 0 Å². The van der Waals surface area contributed by atoms with Gasteiger partial charge < -0.3 is 11.1 Å². The maximum absolute atomic E-state index is 10.5. The summed E-state index contributed by atoms with van der Waals surface area (Å²) in [5.41, 5.74) is 11.4. The fourth-order valence-electron chi connectivity index (χ4n) is 0.680. The number of carbonyl (C=O) groups excluding carboxylic acids is 1. The lowest BCUT2D eigenvalue weighted by Gasteiger charge is -2.01. The van der Waals surface area contributed by atoms with Crippen LogP contribution in [0.25, 0.3) is 0 Å². The predicted octanol–water partition coefficient (Wildman–Crippen LogP) is 0.197. The molecule has 0 heterocycles. The fraction of sp³-hybridized carbons (Fsp3) is 0.667. The Labute approximate surface area is 70.5 Å². The topological polar surface area (TPSA) is 115 Å². The van der Waals surface area contributed by atoms with E-state index >= 15 is 0 Å². The van der Waals surface area contributed by atoms with Crippen LogP contribution in [0.15, 0.2) is 5.11 Å². The molecule has 68 valence electrons. The molecule has 0 aliphatic heterocycles. The lowest BCUT2D eigenvalue weighted by atomic mass is 10.2. The zero-order valence-electron chi connectivity index (χ0n) is 6.76. The molecule has 0 aromatic rings. The largest absolute Gasteiger partial charge is 0.370 e. The highest BCUT2D eigenvalue weighted by Gasteiger charge is 1.97. The molecule has 0 rings (SSSR count). The van der Waals surface area contributed by atoms with Crippen molar-refractivity contribution in [1.82, 2.24) is 5.32 Å². The zero-order valence-corrected chi connectivity index (χ0v) is 6.76. The Hall–Kier alpha value is -1.46. The summed E-state index contributed by atoms with van der Waals surface area (Å²) < 4.78 is 0. The molecule has 0 bridgehead atoms. The fourth-order valence-corrected chi connectivity index (χ4v) is 0.680. The van der Waals surface area contributed by atoms with Crippen molar-refractivity contribution in [2.75, 3.05) is 6.54 Å².